The van der Waals surface area contributed by atoms with Crippen molar-refractivity contribution in [1.29, 1.82) is 5.26 Å². The van der Waals surface area contributed by atoms with Gasteiger partial charge in [0.2, 0.25) is 17.5 Å². The summed E-state index contributed by atoms with van der Waals surface area (Å²) in [5, 5.41) is 11.7. The molecule has 20 heavy (non-hydrogen) atoms. The zero-order valence-corrected chi connectivity index (χ0v) is 11.4. The van der Waals surface area contributed by atoms with Gasteiger partial charge in [0.05, 0.1) is 6.61 Å². The highest BCUT2D eigenvalue weighted by molar-refractivity contribution is 5.67. The van der Waals surface area contributed by atoms with Crippen LogP contribution < -0.4 is 10.1 Å². The molecule has 0 saturated carbocycles. The first-order valence-corrected chi connectivity index (χ1v) is 6.26. The smallest absolute Gasteiger partial charge is 0.232 e. The summed E-state index contributed by atoms with van der Waals surface area (Å²) in [6.07, 6.45) is 3.58. The van der Waals surface area contributed by atoms with Gasteiger partial charge in [-0.2, -0.15) is 10.2 Å². The van der Waals surface area contributed by atoms with Crippen molar-refractivity contribution in [3.8, 4) is 11.8 Å². The minimum Gasteiger partial charge on any atom is -0.494 e. The van der Waals surface area contributed by atoms with Crippen LogP contribution in [0.25, 0.3) is 12.2 Å². The van der Waals surface area contributed by atoms with Crippen LogP contribution in [0.5, 0.6) is 5.75 Å². The Morgan fingerprint density at radius 2 is 2.10 bits per heavy atom. The predicted octanol–water partition coefficient (Wildman–Crippen LogP) is 3.16. The zero-order valence-electron chi connectivity index (χ0n) is 11.4. The van der Waals surface area contributed by atoms with Crippen LogP contribution in [0.1, 0.15) is 24.1 Å². The van der Waals surface area contributed by atoms with E-state index in [0.29, 0.717) is 18.4 Å². The maximum atomic E-state index is 8.88. The molecule has 0 spiro atoms. The predicted molar refractivity (Wildman–Crippen MR) is 77.3 cm³/mol. The topological polar surface area (TPSA) is 71.1 Å². The molecule has 0 atom stereocenters. The first-order chi connectivity index (χ1) is 9.76. The van der Waals surface area contributed by atoms with E-state index in [0.717, 1.165) is 11.3 Å². The Kier molecular flexibility index (Phi) is 4.40. The van der Waals surface area contributed by atoms with Gasteiger partial charge in [0.15, 0.2) is 0 Å². The van der Waals surface area contributed by atoms with Crippen LogP contribution in [0.15, 0.2) is 28.7 Å². The molecular weight excluding hydrogens is 254 g/mol. The maximum Gasteiger partial charge on any atom is 0.232 e. The van der Waals surface area contributed by atoms with E-state index < -0.39 is 0 Å². The Morgan fingerprint density at radius 1 is 1.35 bits per heavy atom. The molecule has 0 aliphatic heterocycles. The Balaban J connectivity index is 2.12. The standard InChI is InChI=1S/C15H15N3O2/c1-3-19-12-7-4-11(5-8-12)6-9-14-18-13(10-16)15(17-2)20-14/h4-9,17H,3H2,1-2H3/b9-6+. The molecule has 1 heterocycles. The average molecular weight is 269 g/mol. The Bertz CT molecular complexity index is 636. The van der Waals surface area contributed by atoms with Crippen LogP contribution in [0.3, 0.4) is 0 Å². The Morgan fingerprint density at radius 3 is 2.65 bits per heavy atom. The summed E-state index contributed by atoms with van der Waals surface area (Å²) in [6, 6.07) is 9.65. The molecular formula is C15H15N3O2. The first kappa shape index (κ1) is 13.7. The lowest BCUT2D eigenvalue weighted by Crippen LogP contribution is -1.90. The second kappa shape index (κ2) is 6.43. The fourth-order valence-electron chi connectivity index (χ4n) is 1.66. The quantitative estimate of drug-likeness (QED) is 0.902. The van der Waals surface area contributed by atoms with Gasteiger partial charge in [-0.05, 0) is 30.7 Å². The number of oxazole rings is 1. The van der Waals surface area contributed by atoms with E-state index in [2.05, 4.69) is 10.3 Å². The number of hydrogen-bond donors (Lipinski definition) is 1. The van der Waals surface area contributed by atoms with E-state index >= 15 is 0 Å². The molecule has 1 aromatic heterocycles. The molecule has 0 amide bonds. The van der Waals surface area contributed by atoms with Crippen LogP contribution >= 0.6 is 0 Å². The molecule has 0 unspecified atom stereocenters. The zero-order chi connectivity index (χ0) is 14.4. The van der Waals surface area contributed by atoms with Crippen LogP contribution in [0, 0.1) is 11.3 Å². The molecule has 0 saturated heterocycles. The van der Waals surface area contributed by atoms with Gasteiger partial charge in [0, 0.05) is 13.1 Å². The van der Waals surface area contributed by atoms with Crippen molar-refractivity contribution in [3.63, 3.8) is 0 Å². The van der Waals surface area contributed by atoms with E-state index in [1.807, 2.05) is 43.3 Å². The molecule has 1 N–H and O–H groups in total. The van der Waals surface area contributed by atoms with Crippen molar-refractivity contribution in [3.05, 3.63) is 41.4 Å². The van der Waals surface area contributed by atoms with Crippen molar-refractivity contribution >= 4 is 18.0 Å². The minimum atomic E-state index is 0.249. The van der Waals surface area contributed by atoms with Gasteiger partial charge in [0.25, 0.3) is 0 Å². The van der Waals surface area contributed by atoms with E-state index in [1.165, 1.54) is 0 Å². The lowest BCUT2D eigenvalue weighted by molar-refractivity contribution is 0.340. The highest BCUT2D eigenvalue weighted by Crippen LogP contribution is 2.18. The molecule has 0 aliphatic rings. The van der Waals surface area contributed by atoms with Gasteiger partial charge < -0.3 is 14.5 Å². The number of nitrogens with one attached hydrogen (secondary N) is 1. The number of ether oxygens (including phenoxy) is 1. The second-order valence-corrected chi connectivity index (χ2v) is 3.93. The molecule has 0 bridgehead atoms. The number of nitrogens with zero attached hydrogens (tertiary/aromatic N) is 2. The van der Waals surface area contributed by atoms with Crippen molar-refractivity contribution in [1.82, 2.24) is 4.98 Å². The normalized spacial score (nSPS) is 10.4. The van der Waals surface area contributed by atoms with Crippen molar-refractivity contribution in [2.75, 3.05) is 19.0 Å². The fraction of sp³-hybridized carbons (Fsp3) is 0.200. The van der Waals surface area contributed by atoms with Crippen molar-refractivity contribution in [2.24, 2.45) is 0 Å². The minimum absolute atomic E-state index is 0.249. The molecule has 0 radical (unpaired) electrons. The number of nitriles is 1. The maximum absolute atomic E-state index is 8.88. The molecule has 2 rings (SSSR count). The Hall–Kier alpha value is -2.74. The largest absolute Gasteiger partial charge is 0.494 e. The van der Waals surface area contributed by atoms with Crippen molar-refractivity contribution < 1.29 is 9.15 Å². The van der Waals surface area contributed by atoms with Crippen LogP contribution in [-0.4, -0.2) is 18.6 Å². The van der Waals surface area contributed by atoms with Gasteiger partial charge >= 0.3 is 0 Å². The Labute approximate surface area is 117 Å². The van der Waals surface area contributed by atoms with Crippen molar-refractivity contribution in [2.45, 2.75) is 6.92 Å². The van der Waals surface area contributed by atoms with Gasteiger partial charge in [-0.15, -0.1) is 0 Å². The summed E-state index contributed by atoms with van der Waals surface area (Å²) in [6.45, 7) is 2.59. The molecule has 1 aromatic carbocycles. The lowest BCUT2D eigenvalue weighted by Gasteiger charge is -2.01. The molecule has 0 aliphatic carbocycles. The summed E-state index contributed by atoms with van der Waals surface area (Å²) in [4.78, 5) is 4.06. The highest BCUT2D eigenvalue weighted by Gasteiger charge is 2.08. The van der Waals surface area contributed by atoms with E-state index in [-0.39, 0.29) is 5.69 Å². The van der Waals surface area contributed by atoms with Gasteiger partial charge in [-0.3, -0.25) is 0 Å². The number of hydrogen-bond acceptors (Lipinski definition) is 5. The lowest BCUT2D eigenvalue weighted by atomic mass is 10.2. The summed E-state index contributed by atoms with van der Waals surface area (Å²) < 4.78 is 10.8. The fourth-order valence-corrected chi connectivity index (χ4v) is 1.66. The molecule has 5 nitrogen and oxygen atoms in total. The van der Waals surface area contributed by atoms with Crippen LogP contribution in [0.2, 0.25) is 0 Å². The van der Waals surface area contributed by atoms with E-state index in [4.69, 9.17) is 14.4 Å². The molecule has 0 fully saturated rings. The second-order valence-electron chi connectivity index (χ2n) is 3.93. The van der Waals surface area contributed by atoms with Crippen LogP contribution in [-0.2, 0) is 0 Å². The van der Waals surface area contributed by atoms with Gasteiger partial charge in [0.1, 0.15) is 11.8 Å². The third-order valence-corrected chi connectivity index (χ3v) is 2.59. The number of benzene rings is 1. The summed E-state index contributed by atoms with van der Waals surface area (Å²) in [5.74, 6) is 1.60. The number of aromatic nitrogens is 1. The monoisotopic (exact) mass is 269 g/mol. The third kappa shape index (κ3) is 3.18. The SMILES string of the molecule is CCOc1ccc(/C=C/c2nc(C#N)c(NC)o2)cc1. The summed E-state index contributed by atoms with van der Waals surface area (Å²) in [5.41, 5.74) is 1.25. The first-order valence-electron chi connectivity index (χ1n) is 6.26. The number of rotatable bonds is 5. The van der Waals surface area contributed by atoms with Gasteiger partial charge in [-0.25, -0.2) is 0 Å². The average Bonchev–Trinajstić information content (AvgIpc) is 2.89. The molecule has 102 valence electrons. The van der Waals surface area contributed by atoms with E-state index in [1.54, 1.807) is 13.1 Å². The number of anilines is 1. The van der Waals surface area contributed by atoms with Gasteiger partial charge in [-0.1, -0.05) is 12.1 Å². The molecule has 5 heteroatoms. The summed E-state index contributed by atoms with van der Waals surface area (Å²) >= 11 is 0. The summed E-state index contributed by atoms with van der Waals surface area (Å²) in [7, 11) is 1.68. The van der Waals surface area contributed by atoms with E-state index in [9.17, 15) is 0 Å². The highest BCUT2D eigenvalue weighted by atomic mass is 16.5. The van der Waals surface area contributed by atoms with Crippen LogP contribution in [0.4, 0.5) is 5.88 Å². The molecule has 2 aromatic rings. The third-order valence-electron chi connectivity index (χ3n) is 2.59.